The first-order valence-corrected chi connectivity index (χ1v) is 7.05. The van der Waals surface area contributed by atoms with Crippen LogP contribution in [0.25, 0.3) is 0 Å². The Hall–Kier alpha value is -1.22. The van der Waals surface area contributed by atoms with Gasteiger partial charge in [0, 0.05) is 20.8 Å². The van der Waals surface area contributed by atoms with Crippen molar-refractivity contribution in [3.8, 4) is 0 Å². The van der Waals surface area contributed by atoms with Crippen LogP contribution in [0.5, 0.6) is 0 Å². The van der Waals surface area contributed by atoms with Gasteiger partial charge in [-0.2, -0.15) is 0 Å². The fraction of sp³-hybridized carbons (Fsp3) is 0.750. The van der Waals surface area contributed by atoms with E-state index < -0.39 is 47.4 Å². The van der Waals surface area contributed by atoms with Gasteiger partial charge in [0.2, 0.25) is 0 Å². The molecule has 1 heterocycles. The second-order valence-electron chi connectivity index (χ2n) is 4.42. The lowest BCUT2D eigenvalue weighted by molar-refractivity contribution is -0.215. The van der Waals surface area contributed by atoms with E-state index in [0.29, 0.717) is 0 Å². The van der Waals surface area contributed by atoms with Crippen molar-refractivity contribution < 1.29 is 37.7 Å². The molecule has 1 fully saturated rings. The highest BCUT2D eigenvalue weighted by Gasteiger charge is 2.49. The summed E-state index contributed by atoms with van der Waals surface area (Å²) in [4.78, 5) is 32.9. The van der Waals surface area contributed by atoms with Gasteiger partial charge < -0.3 is 18.9 Å². The fourth-order valence-electron chi connectivity index (χ4n) is 1.83. The lowest BCUT2D eigenvalue weighted by atomic mass is 10.0. The molecule has 0 spiro atoms. The zero-order valence-electron chi connectivity index (χ0n) is 11.7. The zero-order chi connectivity index (χ0) is 16.2. The van der Waals surface area contributed by atoms with Crippen LogP contribution in [0.1, 0.15) is 20.8 Å². The lowest BCUT2D eigenvalue weighted by Crippen LogP contribution is -2.58. The molecule has 5 atom stereocenters. The van der Waals surface area contributed by atoms with Crippen molar-refractivity contribution in [1.29, 1.82) is 0 Å². The summed E-state index contributed by atoms with van der Waals surface area (Å²) in [6.07, 6.45) is -5.46. The topological polar surface area (TPSA) is 88.1 Å². The molecule has 0 aromatic heterocycles. The van der Waals surface area contributed by atoms with Crippen molar-refractivity contribution in [2.75, 3.05) is 6.61 Å². The third-order valence-corrected chi connectivity index (χ3v) is 3.35. The Balaban J connectivity index is 2.86. The van der Waals surface area contributed by atoms with Gasteiger partial charge in [0.1, 0.15) is 12.7 Å². The molecular weight excluding hydrogens is 355 g/mol. The molecule has 0 aliphatic carbocycles. The van der Waals surface area contributed by atoms with Crippen LogP contribution in [-0.2, 0) is 33.3 Å². The summed E-state index contributed by atoms with van der Waals surface area (Å²) in [6.45, 7) is 3.13. The maximum Gasteiger partial charge on any atom is 0.303 e. The lowest BCUT2D eigenvalue weighted by Gasteiger charge is -2.40. The molecule has 1 saturated heterocycles. The van der Waals surface area contributed by atoms with Gasteiger partial charge in [-0.25, -0.2) is 4.39 Å². The van der Waals surface area contributed by atoms with E-state index in [9.17, 15) is 18.8 Å². The molecule has 1 aliphatic heterocycles. The number of ether oxygens (including phenoxy) is 4. The van der Waals surface area contributed by atoms with Crippen LogP contribution in [0.3, 0.4) is 0 Å². The van der Waals surface area contributed by atoms with Crippen molar-refractivity contribution in [2.24, 2.45) is 0 Å². The van der Waals surface area contributed by atoms with E-state index in [0.717, 1.165) is 13.8 Å². The highest BCUT2D eigenvalue weighted by Crippen LogP contribution is 2.31. The van der Waals surface area contributed by atoms with Crippen LogP contribution < -0.4 is 0 Å². The molecule has 0 radical (unpaired) electrons. The predicted molar refractivity (Wildman–Crippen MR) is 70.2 cm³/mol. The molecule has 9 heteroatoms. The van der Waals surface area contributed by atoms with Crippen LogP contribution in [0.15, 0.2) is 0 Å². The van der Waals surface area contributed by atoms with Gasteiger partial charge in [-0.3, -0.25) is 14.4 Å². The number of carbonyl (C=O) groups is 3. The van der Waals surface area contributed by atoms with Gasteiger partial charge in [-0.05, 0) is 0 Å². The molecule has 0 saturated carbocycles. The summed E-state index contributed by atoms with van der Waals surface area (Å²) in [5.74, 6) is -2.01. The van der Waals surface area contributed by atoms with Crippen LogP contribution in [-0.4, -0.2) is 54.0 Å². The normalized spacial score (nSPS) is 32.1. The number of hydrogen-bond acceptors (Lipinski definition) is 7. The maximum atomic E-state index is 14.5. The molecule has 0 aromatic carbocycles. The van der Waals surface area contributed by atoms with Gasteiger partial charge in [0.05, 0.1) is 0 Å². The first kappa shape index (κ1) is 17.8. The van der Waals surface area contributed by atoms with Crippen LogP contribution in [0.2, 0.25) is 0 Å². The summed E-state index contributed by atoms with van der Waals surface area (Å²) in [5, 5.41) is -0.955. The zero-order valence-corrected chi connectivity index (χ0v) is 13.3. The number of halogens is 2. The molecular formula is C12H16BrFO7. The van der Waals surface area contributed by atoms with Gasteiger partial charge >= 0.3 is 17.9 Å². The van der Waals surface area contributed by atoms with E-state index in [1.165, 1.54) is 6.92 Å². The first-order valence-electron chi connectivity index (χ1n) is 6.13. The minimum atomic E-state index is -1.82. The molecule has 21 heavy (non-hydrogen) atoms. The molecule has 1 rings (SSSR count). The molecule has 1 aliphatic rings. The molecule has 0 amide bonds. The maximum absolute atomic E-state index is 14.5. The molecule has 7 nitrogen and oxygen atoms in total. The number of hydrogen-bond donors (Lipinski definition) is 0. The smallest absolute Gasteiger partial charge is 0.303 e. The minimum Gasteiger partial charge on any atom is -0.463 e. The summed E-state index contributed by atoms with van der Waals surface area (Å²) >= 11 is 3.04. The largest absolute Gasteiger partial charge is 0.463 e. The molecule has 3 unspecified atom stereocenters. The standard InChI is InChI=1S/C12H16BrFO7/c1-5(15)18-4-8-10(19-6(2)16)9(14)11(12(13)21-8)20-7(3)17/h8-12H,4H2,1-3H3/t8?,9?,10-,11?,12+/m0/s1. The third kappa shape index (κ3) is 5.24. The van der Waals surface area contributed by atoms with E-state index in [1.54, 1.807) is 0 Å². The number of carbonyl (C=O) groups excluding carboxylic acids is 3. The van der Waals surface area contributed by atoms with Crippen molar-refractivity contribution in [2.45, 2.75) is 50.3 Å². The minimum absolute atomic E-state index is 0.289. The summed E-state index contributed by atoms with van der Waals surface area (Å²) in [5.41, 5.74) is 0. The van der Waals surface area contributed by atoms with E-state index in [1.807, 2.05) is 0 Å². The molecule has 0 aromatic rings. The predicted octanol–water partition coefficient (Wildman–Crippen LogP) is 0.871. The van der Waals surface area contributed by atoms with Gasteiger partial charge in [0.25, 0.3) is 0 Å². The van der Waals surface area contributed by atoms with Gasteiger partial charge in [0.15, 0.2) is 23.4 Å². The van der Waals surface area contributed by atoms with Crippen LogP contribution in [0.4, 0.5) is 4.39 Å². The van der Waals surface area contributed by atoms with E-state index in [-0.39, 0.29) is 6.61 Å². The van der Waals surface area contributed by atoms with E-state index in [4.69, 9.17) is 18.9 Å². The fourth-order valence-corrected chi connectivity index (χ4v) is 2.51. The van der Waals surface area contributed by atoms with Gasteiger partial charge in [-0.15, -0.1) is 0 Å². The Bertz CT molecular complexity index is 414. The highest BCUT2D eigenvalue weighted by atomic mass is 79.9. The van der Waals surface area contributed by atoms with Crippen LogP contribution >= 0.6 is 15.9 Å². The molecule has 0 N–H and O–H groups in total. The van der Waals surface area contributed by atoms with Crippen LogP contribution in [0, 0.1) is 0 Å². The monoisotopic (exact) mass is 370 g/mol. The average molecular weight is 371 g/mol. The van der Waals surface area contributed by atoms with Gasteiger partial charge in [-0.1, -0.05) is 15.9 Å². The number of alkyl halides is 2. The Morgan fingerprint density at radius 2 is 1.57 bits per heavy atom. The van der Waals surface area contributed by atoms with Crippen molar-refractivity contribution >= 4 is 33.8 Å². The summed E-state index contributed by atoms with van der Waals surface area (Å²) in [6, 6.07) is 0. The molecule has 0 bridgehead atoms. The van der Waals surface area contributed by atoms with E-state index in [2.05, 4.69) is 15.9 Å². The highest BCUT2D eigenvalue weighted by molar-refractivity contribution is 9.09. The Morgan fingerprint density at radius 1 is 1.05 bits per heavy atom. The average Bonchev–Trinajstić information content (AvgIpc) is 2.35. The first-order chi connectivity index (χ1) is 9.72. The Labute approximate surface area is 129 Å². The third-order valence-electron chi connectivity index (χ3n) is 2.61. The number of esters is 3. The van der Waals surface area contributed by atoms with Crippen molar-refractivity contribution in [1.82, 2.24) is 0 Å². The molecule has 120 valence electrons. The summed E-state index contributed by atoms with van der Waals surface area (Å²) < 4.78 is 34.3. The Kier molecular flexibility index (Phi) is 6.53. The van der Waals surface area contributed by atoms with Crippen molar-refractivity contribution in [3.63, 3.8) is 0 Å². The SMILES string of the molecule is CC(=O)OCC1O[C@@H](Br)C(OC(C)=O)C(F)[C@H]1OC(C)=O. The quantitative estimate of drug-likeness (QED) is 0.412. The summed E-state index contributed by atoms with van der Waals surface area (Å²) in [7, 11) is 0. The van der Waals surface area contributed by atoms with Crippen molar-refractivity contribution in [3.05, 3.63) is 0 Å². The van der Waals surface area contributed by atoms with E-state index >= 15 is 0 Å². The number of rotatable bonds is 4. The second-order valence-corrected chi connectivity index (χ2v) is 5.32. The second kappa shape index (κ2) is 7.69. The Morgan fingerprint density at radius 3 is 2.05 bits per heavy atom.